The lowest BCUT2D eigenvalue weighted by Gasteiger charge is -2.14. The molecule has 1 N–H and O–H groups in total. The van der Waals surface area contributed by atoms with Crippen LogP contribution < -0.4 is 10.9 Å². The van der Waals surface area contributed by atoms with E-state index in [2.05, 4.69) is 10.3 Å². The van der Waals surface area contributed by atoms with Gasteiger partial charge in [0, 0.05) is 22.6 Å². The first-order valence-corrected chi connectivity index (χ1v) is 12.7. The summed E-state index contributed by atoms with van der Waals surface area (Å²) < 4.78 is 2.18. The number of benzene rings is 1. The summed E-state index contributed by atoms with van der Waals surface area (Å²) in [7, 11) is 0. The van der Waals surface area contributed by atoms with E-state index in [0.29, 0.717) is 20.4 Å². The van der Waals surface area contributed by atoms with Crippen molar-refractivity contribution in [2.24, 2.45) is 0 Å². The lowest BCUT2D eigenvalue weighted by Crippen LogP contribution is -2.34. The zero-order chi connectivity index (χ0) is 22.1. The summed E-state index contributed by atoms with van der Waals surface area (Å²) in [6, 6.07) is 11.5. The highest BCUT2D eigenvalue weighted by atomic mass is 35.5. The fraction of sp³-hybridized carbons (Fsp3) is 0.304. The first-order valence-electron chi connectivity index (χ1n) is 10.5. The second-order valence-electron chi connectivity index (χ2n) is 7.85. The van der Waals surface area contributed by atoms with Gasteiger partial charge in [0.1, 0.15) is 9.53 Å². The van der Waals surface area contributed by atoms with E-state index in [1.54, 1.807) is 16.8 Å². The summed E-state index contributed by atoms with van der Waals surface area (Å²) in [5.74, 6) is 0.175. The Balaban J connectivity index is 1.53. The van der Waals surface area contributed by atoms with Crippen LogP contribution in [0.3, 0.4) is 0 Å². The molecule has 0 saturated heterocycles. The van der Waals surface area contributed by atoms with Gasteiger partial charge < -0.3 is 5.32 Å². The van der Waals surface area contributed by atoms with Crippen molar-refractivity contribution in [1.82, 2.24) is 19.9 Å². The third kappa shape index (κ3) is 4.27. The van der Waals surface area contributed by atoms with Gasteiger partial charge in [0.15, 0.2) is 5.16 Å². The summed E-state index contributed by atoms with van der Waals surface area (Å²) >= 11 is 9.00. The quantitative estimate of drug-likeness (QED) is 0.312. The Morgan fingerprint density at radius 1 is 1.22 bits per heavy atom. The molecule has 9 heteroatoms. The number of thiophene rings is 1. The predicted octanol–water partition coefficient (Wildman–Crippen LogP) is 4.86. The summed E-state index contributed by atoms with van der Waals surface area (Å²) in [5.41, 5.74) is 1.32. The molecule has 1 aliphatic rings. The highest BCUT2D eigenvalue weighted by Gasteiger charge is 2.20. The first-order chi connectivity index (χ1) is 15.6. The van der Waals surface area contributed by atoms with Gasteiger partial charge in [0.2, 0.25) is 5.91 Å². The molecule has 3 aromatic heterocycles. The molecule has 164 valence electrons. The fourth-order valence-electron chi connectivity index (χ4n) is 4.06. The lowest BCUT2D eigenvalue weighted by atomic mass is 10.2. The van der Waals surface area contributed by atoms with E-state index in [9.17, 15) is 9.59 Å². The molecule has 0 radical (unpaired) electrons. The van der Waals surface area contributed by atoms with E-state index in [-0.39, 0.29) is 29.8 Å². The number of halogens is 1. The van der Waals surface area contributed by atoms with Gasteiger partial charge in [0.05, 0.1) is 17.8 Å². The van der Waals surface area contributed by atoms with Crippen molar-refractivity contribution in [3.63, 3.8) is 0 Å². The Kier molecular flexibility index (Phi) is 6.17. The van der Waals surface area contributed by atoms with Crippen molar-refractivity contribution >= 4 is 61.0 Å². The van der Waals surface area contributed by atoms with Crippen LogP contribution in [0.2, 0.25) is 5.02 Å². The molecule has 0 unspecified atom stereocenters. The molecule has 0 bridgehead atoms. The van der Waals surface area contributed by atoms with Crippen molar-refractivity contribution < 1.29 is 4.79 Å². The minimum atomic E-state index is -0.142. The molecule has 32 heavy (non-hydrogen) atoms. The van der Waals surface area contributed by atoms with Gasteiger partial charge in [-0.15, -0.1) is 11.3 Å². The van der Waals surface area contributed by atoms with Crippen LogP contribution in [-0.2, 0) is 11.3 Å². The van der Waals surface area contributed by atoms with Crippen molar-refractivity contribution in [3.05, 3.63) is 63.5 Å². The van der Waals surface area contributed by atoms with Gasteiger partial charge in [-0.05, 0) is 36.6 Å². The molecule has 1 aliphatic carbocycles. The Labute approximate surface area is 198 Å². The molecule has 1 amide bonds. The highest BCUT2D eigenvalue weighted by molar-refractivity contribution is 7.99. The van der Waals surface area contributed by atoms with Gasteiger partial charge in [0.25, 0.3) is 5.56 Å². The largest absolute Gasteiger partial charge is 0.353 e. The Bertz CT molecular complexity index is 1360. The third-order valence-electron chi connectivity index (χ3n) is 5.66. The fourth-order valence-corrected chi connectivity index (χ4v) is 6.09. The maximum absolute atomic E-state index is 13.5. The molecule has 1 aromatic carbocycles. The molecule has 0 aliphatic heterocycles. The number of nitrogens with one attached hydrogen (secondary N) is 1. The Hall–Kier alpha value is -2.42. The number of hydrogen-bond acceptors (Lipinski definition) is 6. The molecular weight excluding hydrogens is 464 g/mol. The van der Waals surface area contributed by atoms with Crippen LogP contribution in [0.25, 0.3) is 20.4 Å². The van der Waals surface area contributed by atoms with Crippen LogP contribution >= 0.6 is 34.7 Å². The second-order valence-corrected chi connectivity index (χ2v) is 10.2. The number of thioether (sulfide) groups is 1. The molecule has 0 atom stereocenters. The molecule has 3 heterocycles. The lowest BCUT2D eigenvalue weighted by molar-refractivity contribution is -0.119. The molecule has 5 rings (SSSR count). The maximum Gasteiger partial charge on any atom is 0.272 e. The summed E-state index contributed by atoms with van der Waals surface area (Å²) in [6.45, 7) is 0.287. The van der Waals surface area contributed by atoms with Gasteiger partial charge >= 0.3 is 0 Å². The molecule has 1 saturated carbocycles. The van der Waals surface area contributed by atoms with Crippen molar-refractivity contribution in [1.29, 1.82) is 0 Å². The van der Waals surface area contributed by atoms with E-state index < -0.39 is 0 Å². The minimum absolute atomic E-state index is 0.0302. The second kappa shape index (κ2) is 9.21. The average molecular weight is 485 g/mol. The van der Waals surface area contributed by atoms with Crippen LogP contribution in [0.15, 0.2) is 52.5 Å². The molecule has 0 spiro atoms. The minimum Gasteiger partial charge on any atom is -0.353 e. The van der Waals surface area contributed by atoms with Gasteiger partial charge in [-0.3, -0.25) is 14.2 Å². The average Bonchev–Trinajstić information content (AvgIpc) is 3.43. The number of rotatable bonds is 6. The SMILES string of the molecule is O=C(CSc1nc2c(sc3ncccc32)c(=O)n1Cc1ccccc1Cl)NC1CCCC1. The van der Waals surface area contributed by atoms with Gasteiger partial charge in [-0.25, -0.2) is 9.97 Å². The molecular formula is C23H21ClN4O2S2. The number of fused-ring (bicyclic) bond motifs is 3. The van der Waals surface area contributed by atoms with E-state index in [0.717, 1.165) is 41.5 Å². The van der Waals surface area contributed by atoms with Crippen LogP contribution in [0.4, 0.5) is 0 Å². The number of carbonyl (C=O) groups excluding carboxylic acids is 1. The normalized spacial score (nSPS) is 14.4. The molecule has 6 nitrogen and oxygen atoms in total. The van der Waals surface area contributed by atoms with E-state index in [4.69, 9.17) is 16.6 Å². The zero-order valence-corrected chi connectivity index (χ0v) is 19.6. The van der Waals surface area contributed by atoms with E-state index >= 15 is 0 Å². The van der Waals surface area contributed by atoms with Crippen molar-refractivity contribution in [2.75, 3.05) is 5.75 Å². The standard InChI is InChI=1S/C23H21ClN4O2S2/c24-17-10-4-1-6-14(17)12-28-22(30)20-19(16-9-5-11-25-21(16)32-20)27-23(28)31-13-18(29)26-15-7-2-3-8-15/h1,4-6,9-11,15H,2-3,7-8,12-13H2,(H,26,29). The summed E-state index contributed by atoms with van der Waals surface area (Å²) in [5, 5.41) is 5.05. The third-order valence-corrected chi connectivity index (χ3v) is 8.09. The number of pyridine rings is 1. The topological polar surface area (TPSA) is 76.9 Å². The van der Waals surface area contributed by atoms with Crippen LogP contribution in [0.1, 0.15) is 31.2 Å². The van der Waals surface area contributed by atoms with E-state index in [1.807, 2.05) is 30.3 Å². The molecule has 4 aromatic rings. The van der Waals surface area contributed by atoms with Crippen molar-refractivity contribution in [3.8, 4) is 0 Å². The smallest absolute Gasteiger partial charge is 0.272 e. The van der Waals surface area contributed by atoms with E-state index in [1.165, 1.54) is 23.1 Å². The predicted molar refractivity (Wildman–Crippen MR) is 131 cm³/mol. The number of aromatic nitrogens is 3. The zero-order valence-electron chi connectivity index (χ0n) is 17.2. The first kappa shape index (κ1) is 21.4. The Morgan fingerprint density at radius 2 is 2.03 bits per heavy atom. The number of hydrogen-bond donors (Lipinski definition) is 1. The summed E-state index contributed by atoms with van der Waals surface area (Å²) in [4.78, 5) is 36.0. The van der Waals surface area contributed by atoms with Gasteiger partial charge in [-0.2, -0.15) is 0 Å². The Morgan fingerprint density at radius 3 is 2.84 bits per heavy atom. The maximum atomic E-state index is 13.5. The number of carbonyl (C=O) groups is 1. The molecule has 1 fully saturated rings. The van der Waals surface area contributed by atoms with Crippen molar-refractivity contribution in [2.45, 2.75) is 43.4 Å². The summed E-state index contributed by atoms with van der Waals surface area (Å²) in [6.07, 6.45) is 6.10. The van der Waals surface area contributed by atoms with Crippen LogP contribution in [0.5, 0.6) is 0 Å². The van der Waals surface area contributed by atoms with Gasteiger partial charge in [-0.1, -0.05) is 54.4 Å². The monoisotopic (exact) mass is 484 g/mol. The number of nitrogens with zero attached hydrogens (tertiary/aromatic N) is 3. The number of amides is 1. The van der Waals surface area contributed by atoms with Crippen LogP contribution in [-0.4, -0.2) is 32.2 Å². The highest BCUT2D eigenvalue weighted by Crippen LogP contribution is 2.31. The van der Waals surface area contributed by atoms with Crippen LogP contribution in [0, 0.1) is 0 Å².